The van der Waals surface area contributed by atoms with E-state index in [1.54, 1.807) is 8.80 Å². The van der Waals surface area contributed by atoms with Crippen molar-refractivity contribution in [2.45, 2.75) is 19.3 Å². The Morgan fingerprint density at radius 3 is 1.50 bits per heavy atom. The van der Waals surface area contributed by atoms with Gasteiger partial charge >= 0.3 is 11.4 Å². The maximum Gasteiger partial charge on any atom is 0.357 e. The van der Waals surface area contributed by atoms with Gasteiger partial charge in [-0.05, 0) is 202 Å². The molecule has 0 saturated carbocycles. The van der Waals surface area contributed by atoms with Crippen molar-refractivity contribution in [3.8, 4) is 84.3 Å². The van der Waals surface area contributed by atoms with Crippen LogP contribution in [0.4, 0.5) is 0 Å². The van der Waals surface area contributed by atoms with Crippen LogP contribution in [0.15, 0.2) is 319 Å². The van der Waals surface area contributed by atoms with Gasteiger partial charge in [0.1, 0.15) is 0 Å². The first-order valence-corrected chi connectivity index (χ1v) is 36.1. The quantitative estimate of drug-likeness (QED) is 0.140. The summed E-state index contributed by atoms with van der Waals surface area (Å²) < 4.78 is 10.6. The number of imidazole rings is 1. The number of nitrogens with zero attached hydrogens (tertiary/aromatic N) is 9. The first kappa shape index (κ1) is 59.0. The Balaban J connectivity index is 0.613. The van der Waals surface area contributed by atoms with Crippen LogP contribution in [-0.4, -0.2) is 42.4 Å². The standard InChI is InChI=1S/C93H57N9O2S/c1-93(2)77-30-15-13-28-70(77)73-52-76-75-49-60(59-37-42-80-74(48-59)71-29-14-16-31-79(71)98(80)63-20-5-3-6-21-63)38-43-81(75)100(83(76)53-78(73)93)88-96-91(104)102-85-51-61(40-45-86(85)105-92(102)97-88)54-32-34-55(35-33-54)87-94-89-99(64-22-7-4-8-23-64)82-44-39-62(50-84(82)101(89)90(103)95-87)57-19-17-18-56(46-57)58-36-41-69-67-26-10-9-24-65(67)66-25-11-12-27-68(66)72(69)47-58/h3-53H,1-2H3. The van der Waals surface area contributed by atoms with Gasteiger partial charge in [0.25, 0.3) is 0 Å². The molecule has 21 aromatic rings. The van der Waals surface area contributed by atoms with E-state index in [0.717, 1.165) is 98.9 Å². The van der Waals surface area contributed by atoms with Crippen molar-refractivity contribution in [2.24, 2.45) is 0 Å². The second kappa shape index (κ2) is 22.2. The number of benzene rings is 15. The van der Waals surface area contributed by atoms with E-state index in [-0.39, 0.29) is 5.41 Å². The number of thiazole rings is 1. The molecular weight excluding hydrogens is 1310 g/mol. The summed E-state index contributed by atoms with van der Waals surface area (Å²) in [5.41, 5.74) is 21.0. The van der Waals surface area contributed by atoms with Crippen LogP contribution < -0.4 is 11.4 Å². The molecule has 0 radical (unpaired) electrons. The van der Waals surface area contributed by atoms with Crippen molar-refractivity contribution < 1.29 is 0 Å². The Morgan fingerprint density at radius 2 is 0.781 bits per heavy atom. The van der Waals surface area contributed by atoms with E-state index in [4.69, 9.17) is 19.9 Å². The van der Waals surface area contributed by atoms with Crippen molar-refractivity contribution in [1.29, 1.82) is 0 Å². The van der Waals surface area contributed by atoms with Crippen LogP contribution in [0.2, 0.25) is 0 Å². The Morgan fingerprint density at radius 1 is 0.286 bits per heavy atom. The van der Waals surface area contributed by atoms with Crippen molar-refractivity contribution >= 4 is 119 Å². The highest BCUT2D eigenvalue weighted by Crippen LogP contribution is 2.52. The molecule has 1 aliphatic carbocycles. The maximum absolute atomic E-state index is 15.0. The number of aromatic nitrogens is 9. The van der Waals surface area contributed by atoms with Gasteiger partial charge in [0.2, 0.25) is 16.7 Å². The Labute approximate surface area is 603 Å². The van der Waals surface area contributed by atoms with Gasteiger partial charge in [-0.15, -0.1) is 0 Å². The minimum absolute atomic E-state index is 0.279. The van der Waals surface area contributed by atoms with Gasteiger partial charge in [-0.25, -0.2) is 18.4 Å². The summed E-state index contributed by atoms with van der Waals surface area (Å²) in [5.74, 6) is 1.06. The summed E-state index contributed by atoms with van der Waals surface area (Å²) in [4.78, 5) is 50.3. The second-order valence-electron chi connectivity index (χ2n) is 28.1. The second-order valence-corrected chi connectivity index (χ2v) is 29.1. The average molecular weight is 1360 g/mol. The van der Waals surface area contributed by atoms with E-state index in [1.165, 1.54) is 76.7 Å². The summed E-state index contributed by atoms with van der Waals surface area (Å²) >= 11 is 1.46. The van der Waals surface area contributed by atoms with Gasteiger partial charge in [0.05, 0.1) is 43.3 Å². The molecule has 0 aliphatic heterocycles. The zero-order chi connectivity index (χ0) is 69.5. The average Bonchev–Trinajstić information content (AvgIpc) is 1.39. The lowest BCUT2D eigenvalue weighted by molar-refractivity contribution is 0.661. The lowest BCUT2D eigenvalue weighted by Crippen LogP contribution is -2.20. The molecule has 6 aromatic heterocycles. The molecule has 492 valence electrons. The molecule has 0 spiro atoms. The number of fused-ring (bicyclic) bond motifs is 21. The van der Waals surface area contributed by atoms with Gasteiger partial charge in [0.15, 0.2) is 5.82 Å². The largest absolute Gasteiger partial charge is 0.357 e. The molecule has 0 amide bonds. The van der Waals surface area contributed by atoms with E-state index in [2.05, 4.69) is 272 Å². The van der Waals surface area contributed by atoms with Crippen molar-refractivity contribution in [3.63, 3.8) is 0 Å². The summed E-state index contributed by atoms with van der Waals surface area (Å²) in [6.07, 6.45) is 0. The van der Waals surface area contributed by atoms with Gasteiger partial charge in [-0.3, -0.25) is 9.13 Å². The minimum atomic E-state index is -0.439. The highest BCUT2D eigenvalue weighted by molar-refractivity contribution is 7.23. The number of para-hydroxylation sites is 3. The van der Waals surface area contributed by atoms with Crippen molar-refractivity contribution in [2.75, 3.05) is 0 Å². The SMILES string of the molecule is CC1(C)c2ccccc2-c2cc3c4cc(-c5ccc6c(c5)c5ccccc5n6-c5ccccc5)ccc4n(-c4nc(=O)n5c(n4)sc4ccc(-c6ccc(-c7nc(=O)n8c9cc(-c%10cccc(-c%11ccc%12c%13ccccc%13c%13ccccc%13c%12c%11)c%10)ccc9n(-c9ccccc9)c8n7)cc6)cc45)c3cc21. The summed E-state index contributed by atoms with van der Waals surface area (Å²) in [7, 11) is 0. The molecule has 6 heterocycles. The van der Waals surface area contributed by atoms with Crippen LogP contribution in [0.1, 0.15) is 25.0 Å². The fourth-order valence-electron chi connectivity index (χ4n) is 17.1. The van der Waals surface area contributed by atoms with Gasteiger partial charge in [-0.1, -0.05) is 231 Å². The molecular formula is C93H57N9O2S. The highest BCUT2D eigenvalue weighted by Gasteiger charge is 2.37. The van der Waals surface area contributed by atoms with Crippen LogP contribution in [0, 0.1) is 0 Å². The fourth-order valence-corrected chi connectivity index (χ4v) is 18.1. The van der Waals surface area contributed by atoms with Crippen LogP contribution in [-0.2, 0) is 5.41 Å². The zero-order valence-electron chi connectivity index (χ0n) is 56.7. The first-order valence-electron chi connectivity index (χ1n) is 35.3. The first-order chi connectivity index (χ1) is 51.6. The van der Waals surface area contributed by atoms with E-state index in [1.807, 2.05) is 65.2 Å². The zero-order valence-corrected chi connectivity index (χ0v) is 57.5. The lowest BCUT2D eigenvalue weighted by Gasteiger charge is -2.21. The molecule has 105 heavy (non-hydrogen) atoms. The normalized spacial score (nSPS) is 12.8. The molecule has 15 aromatic carbocycles. The van der Waals surface area contributed by atoms with Crippen molar-refractivity contribution in [1.82, 2.24) is 42.4 Å². The van der Waals surface area contributed by atoms with Gasteiger partial charge in [-0.2, -0.15) is 19.9 Å². The smallest absolute Gasteiger partial charge is 0.309 e. The molecule has 0 bridgehead atoms. The highest BCUT2D eigenvalue weighted by atomic mass is 32.1. The molecule has 12 heteroatoms. The van der Waals surface area contributed by atoms with E-state index < -0.39 is 11.4 Å². The molecule has 0 fully saturated rings. The van der Waals surface area contributed by atoms with Crippen molar-refractivity contribution in [3.05, 3.63) is 341 Å². The Kier molecular flexibility index (Phi) is 12.5. The molecule has 0 atom stereocenters. The van der Waals surface area contributed by atoms with Crippen LogP contribution in [0.3, 0.4) is 0 Å². The number of hydrogen-bond acceptors (Lipinski definition) is 7. The third-order valence-corrected chi connectivity index (χ3v) is 23.1. The van der Waals surface area contributed by atoms with E-state index in [9.17, 15) is 9.59 Å². The summed E-state index contributed by atoms with van der Waals surface area (Å²) in [6, 6.07) is 109. The Hall–Kier alpha value is -13.7. The molecule has 0 saturated heterocycles. The number of rotatable bonds is 8. The third kappa shape index (κ3) is 8.78. The fraction of sp³-hybridized carbons (Fsp3) is 0.0323. The lowest BCUT2D eigenvalue weighted by atomic mass is 9.82. The van der Waals surface area contributed by atoms with Crippen LogP contribution in [0.5, 0.6) is 0 Å². The van der Waals surface area contributed by atoms with Gasteiger partial charge in [0, 0.05) is 43.9 Å². The van der Waals surface area contributed by atoms with E-state index >= 15 is 0 Å². The Bertz CT molecular complexity index is 7450. The topological polar surface area (TPSA) is 109 Å². The van der Waals surface area contributed by atoms with Crippen LogP contribution >= 0.6 is 11.3 Å². The molecule has 1 aliphatic rings. The molecule has 0 N–H and O–H groups in total. The van der Waals surface area contributed by atoms with Gasteiger partial charge < -0.3 is 4.57 Å². The summed E-state index contributed by atoms with van der Waals surface area (Å²) in [5, 5.41) is 11.9. The molecule has 11 nitrogen and oxygen atoms in total. The monoisotopic (exact) mass is 1360 g/mol. The molecule has 22 rings (SSSR count). The third-order valence-electron chi connectivity index (χ3n) is 22.1. The number of hydrogen-bond donors (Lipinski definition) is 0. The van der Waals surface area contributed by atoms with Crippen LogP contribution in [0.25, 0.3) is 192 Å². The summed E-state index contributed by atoms with van der Waals surface area (Å²) in [6.45, 7) is 4.59. The predicted molar refractivity (Wildman–Crippen MR) is 430 cm³/mol. The van der Waals surface area contributed by atoms with E-state index in [0.29, 0.717) is 39.1 Å². The minimum Gasteiger partial charge on any atom is -0.309 e. The molecule has 0 unspecified atom stereocenters. The predicted octanol–water partition coefficient (Wildman–Crippen LogP) is 21.9. The maximum atomic E-state index is 15.0.